The van der Waals surface area contributed by atoms with Gasteiger partial charge in [0, 0.05) is 11.8 Å². The number of ketones is 2. The van der Waals surface area contributed by atoms with Crippen LogP contribution in [0.3, 0.4) is 0 Å². The number of rotatable bonds is 2. The van der Waals surface area contributed by atoms with Crippen LogP contribution >= 0.6 is 0 Å². The molecule has 6 heteroatoms. The van der Waals surface area contributed by atoms with Gasteiger partial charge >= 0.3 is 0 Å². The van der Waals surface area contributed by atoms with Gasteiger partial charge in [0.15, 0.2) is 11.6 Å². The van der Waals surface area contributed by atoms with Gasteiger partial charge in [-0.05, 0) is 25.0 Å². The summed E-state index contributed by atoms with van der Waals surface area (Å²) in [7, 11) is 0. The first-order valence-electron chi connectivity index (χ1n) is 7.05. The summed E-state index contributed by atoms with van der Waals surface area (Å²) >= 11 is 0. The van der Waals surface area contributed by atoms with E-state index < -0.39 is 16.5 Å². The summed E-state index contributed by atoms with van der Waals surface area (Å²) in [6, 6.07) is 4.67. The van der Waals surface area contributed by atoms with E-state index in [1.807, 2.05) is 0 Å². The number of carbonyl (C=O) groups excluding carboxylic acids is 2. The van der Waals surface area contributed by atoms with Gasteiger partial charge in [-0.2, -0.15) is 5.26 Å². The van der Waals surface area contributed by atoms with Crippen molar-refractivity contribution in [2.24, 2.45) is 11.8 Å². The van der Waals surface area contributed by atoms with Crippen molar-refractivity contribution < 1.29 is 14.5 Å². The van der Waals surface area contributed by atoms with Gasteiger partial charge < -0.3 is 0 Å². The molecule has 1 aliphatic carbocycles. The monoisotopic (exact) mass is 300 g/mol. The van der Waals surface area contributed by atoms with Crippen LogP contribution in [0.25, 0.3) is 0 Å². The fourth-order valence-corrected chi connectivity index (χ4v) is 3.12. The zero-order valence-corrected chi connectivity index (χ0v) is 12.6. The molecule has 0 aromatic heterocycles. The van der Waals surface area contributed by atoms with Crippen LogP contribution in [0, 0.1) is 40.2 Å². The number of hydrogen-bond acceptors (Lipinski definition) is 5. The molecule has 0 N–H and O–H groups in total. The predicted octanol–water partition coefficient (Wildman–Crippen LogP) is 2.67. The van der Waals surface area contributed by atoms with Crippen molar-refractivity contribution in [1.29, 1.82) is 5.26 Å². The summed E-state index contributed by atoms with van der Waals surface area (Å²) in [4.78, 5) is 35.7. The average Bonchev–Trinajstić information content (AvgIpc) is 2.46. The molecule has 114 valence electrons. The van der Waals surface area contributed by atoms with Crippen LogP contribution in [-0.2, 0) is 9.59 Å². The minimum Gasteiger partial charge on any atom is -0.298 e. The van der Waals surface area contributed by atoms with E-state index >= 15 is 0 Å². The smallest absolute Gasteiger partial charge is 0.291 e. The maximum absolute atomic E-state index is 12.5. The van der Waals surface area contributed by atoms with E-state index in [9.17, 15) is 19.7 Å². The third-order valence-corrected chi connectivity index (χ3v) is 4.27. The third-order valence-electron chi connectivity index (χ3n) is 4.27. The van der Waals surface area contributed by atoms with Gasteiger partial charge in [-0.1, -0.05) is 19.9 Å². The molecular formula is C16H16N2O4. The van der Waals surface area contributed by atoms with Gasteiger partial charge in [0.05, 0.1) is 10.5 Å². The summed E-state index contributed by atoms with van der Waals surface area (Å²) in [5.41, 5.74) is 0.0173. The number of nitro groups is 1. The zero-order valence-electron chi connectivity index (χ0n) is 12.6. The molecule has 0 saturated heterocycles. The Kier molecular flexibility index (Phi) is 4.09. The topological polar surface area (TPSA) is 101 Å². The number of aryl methyl sites for hydroxylation is 1. The van der Waals surface area contributed by atoms with Crippen LogP contribution in [0.15, 0.2) is 12.1 Å². The molecule has 2 rings (SSSR count). The molecule has 1 aromatic rings. The van der Waals surface area contributed by atoms with Gasteiger partial charge in [-0.15, -0.1) is 0 Å². The van der Waals surface area contributed by atoms with Crippen LogP contribution in [0.5, 0.6) is 0 Å². The normalized spacial score (nSPS) is 24.9. The highest BCUT2D eigenvalue weighted by atomic mass is 16.6. The molecule has 1 aliphatic rings. The fraction of sp³-hybridized carbons (Fsp3) is 0.438. The molecule has 1 saturated carbocycles. The molecule has 0 heterocycles. The van der Waals surface area contributed by atoms with E-state index in [4.69, 9.17) is 5.26 Å². The van der Waals surface area contributed by atoms with Gasteiger partial charge in [0.25, 0.3) is 5.69 Å². The van der Waals surface area contributed by atoms with Crippen LogP contribution in [0.1, 0.15) is 42.9 Å². The van der Waals surface area contributed by atoms with Crippen LogP contribution in [-0.4, -0.2) is 16.5 Å². The highest BCUT2D eigenvalue weighted by Crippen LogP contribution is 2.40. The molecule has 0 radical (unpaired) electrons. The van der Waals surface area contributed by atoms with Crippen LogP contribution in [0.4, 0.5) is 5.69 Å². The van der Waals surface area contributed by atoms with E-state index in [0.29, 0.717) is 12.0 Å². The molecule has 0 bridgehead atoms. The molecule has 0 aliphatic heterocycles. The lowest BCUT2D eigenvalue weighted by Gasteiger charge is -2.29. The van der Waals surface area contributed by atoms with Gasteiger partial charge in [-0.3, -0.25) is 19.7 Å². The summed E-state index contributed by atoms with van der Waals surface area (Å²) in [5.74, 6) is -2.41. The fourth-order valence-electron chi connectivity index (χ4n) is 3.12. The summed E-state index contributed by atoms with van der Waals surface area (Å²) < 4.78 is 0. The van der Waals surface area contributed by atoms with Crippen molar-refractivity contribution >= 4 is 17.3 Å². The lowest BCUT2D eigenvalue weighted by atomic mass is 9.70. The predicted molar refractivity (Wildman–Crippen MR) is 78.2 cm³/mol. The summed E-state index contributed by atoms with van der Waals surface area (Å²) in [6.45, 7) is 5.08. The second-order valence-electron chi connectivity index (χ2n) is 5.84. The van der Waals surface area contributed by atoms with Crippen molar-refractivity contribution in [3.63, 3.8) is 0 Å². The number of carbonyl (C=O) groups is 2. The number of nitro benzene ring substituents is 1. The van der Waals surface area contributed by atoms with Crippen LogP contribution < -0.4 is 0 Å². The molecule has 2 atom stereocenters. The van der Waals surface area contributed by atoms with E-state index in [1.165, 1.54) is 6.07 Å². The highest BCUT2D eigenvalue weighted by Gasteiger charge is 2.44. The van der Waals surface area contributed by atoms with E-state index in [-0.39, 0.29) is 34.5 Å². The first kappa shape index (κ1) is 15.8. The van der Waals surface area contributed by atoms with E-state index in [2.05, 4.69) is 0 Å². The molecular weight excluding hydrogens is 284 g/mol. The van der Waals surface area contributed by atoms with E-state index in [1.54, 1.807) is 32.9 Å². The number of nitriles is 1. The minimum atomic E-state index is -1.15. The van der Waals surface area contributed by atoms with Crippen molar-refractivity contribution in [3.05, 3.63) is 38.9 Å². The van der Waals surface area contributed by atoms with Crippen molar-refractivity contribution in [1.82, 2.24) is 0 Å². The lowest BCUT2D eigenvalue weighted by molar-refractivity contribution is -0.385. The first-order valence-corrected chi connectivity index (χ1v) is 7.05. The number of hydrogen-bond donors (Lipinski definition) is 0. The lowest BCUT2D eigenvalue weighted by Crippen LogP contribution is -2.38. The summed E-state index contributed by atoms with van der Waals surface area (Å²) in [5, 5.41) is 20.5. The van der Waals surface area contributed by atoms with E-state index in [0.717, 1.165) is 0 Å². The molecule has 0 spiro atoms. The van der Waals surface area contributed by atoms with Gasteiger partial charge in [0.2, 0.25) is 0 Å². The van der Waals surface area contributed by atoms with Crippen molar-refractivity contribution in [2.75, 3.05) is 0 Å². The molecule has 22 heavy (non-hydrogen) atoms. The van der Waals surface area contributed by atoms with Gasteiger partial charge in [0.1, 0.15) is 17.6 Å². The Morgan fingerprint density at radius 3 is 2.23 bits per heavy atom. The SMILES string of the molecule is Cc1ccc(C#N)c([N+](=O)[O-])c1C1C(=O)C(C)CC(C)C1=O. The standard InChI is InChI=1S/C16H16N2O4/c1-8-4-5-11(7-17)14(18(21)22)12(8)13-15(19)9(2)6-10(3)16(13)20/h4-5,9-10,13H,6H2,1-3H3. The zero-order chi connectivity index (χ0) is 16.6. The van der Waals surface area contributed by atoms with Crippen molar-refractivity contribution in [2.45, 2.75) is 33.1 Å². The number of Topliss-reactive ketones (excluding diaryl/α,β-unsaturated/α-hetero) is 2. The first-order chi connectivity index (χ1) is 10.3. The Labute approximate surface area is 127 Å². The van der Waals surface area contributed by atoms with Crippen molar-refractivity contribution in [3.8, 4) is 6.07 Å². The molecule has 6 nitrogen and oxygen atoms in total. The largest absolute Gasteiger partial charge is 0.298 e. The molecule has 0 amide bonds. The summed E-state index contributed by atoms with van der Waals surface area (Å²) in [6.07, 6.45) is 0.457. The maximum Gasteiger partial charge on any atom is 0.291 e. The molecule has 1 aromatic carbocycles. The van der Waals surface area contributed by atoms with Crippen LogP contribution in [0.2, 0.25) is 0 Å². The Bertz CT molecular complexity index is 698. The second-order valence-corrected chi connectivity index (χ2v) is 5.84. The van der Waals surface area contributed by atoms with Gasteiger partial charge in [-0.25, -0.2) is 0 Å². The minimum absolute atomic E-state index is 0.0810. The third kappa shape index (κ3) is 2.39. The maximum atomic E-state index is 12.5. The highest BCUT2D eigenvalue weighted by molar-refractivity contribution is 6.12. The Morgan fingerprint density at radius 1 is 1.23 bits per heavy atom. The molecule has 1 fully saturated rings. The number of nitrogens with zero attached hydrogens (tertiary/aromatic N) is 2. The quantitative estimate of drug-likeness (QED) is 0.474. The Balaban J connectivity index is 2.75. The average molecular weight is 300 g/mol. The molecule has 2 unspecified atom stereocenters. The number of benzene rings is 1. The Hall–Kier alpha value is -2.55. The Morgan fingerprint density at radius 2 is 1.77 bits per heavy atom. The second kappa shape index (κ2) is 5.68.